The average Bonchev–Trinajstić information content (AvgIpc) is 2.96. The lowest BCUT2D eigenvalue weighted by molar-refractivity contribution is -0.143. The Kier molecular flexibility index (Phi) is 6.69. The normalized spacial score (nSPS) is 18.2. The summed E-state index contributed by atoms with van der Waals surface area (Å²) in [7, 11) is 0. The molecule has 0 aromatic heterocycles. The molecule has 0 unspecified atom stereocenters. The van der Waals surface area contributed by atoms with Crippen LogP contribution in [0, 0.1) is 0 Å². The third kappa shape index (κ3) is 4.25. The van der Waals surface area contributed by atoms with Crippen molar-refractivity contribution >= 4 is 47.3 Å². The predicted octanol–water partition coefficient (Wildman–Crippen LogP) is 3.32. The molecule has 3 amide bonds. The number of carbonyl (C=O) groups excluding carboxylic acids is 2. The van der Waals surface area contributed by atoms with Gasteiger partial charge >= 0.3 is 12.0 Å². The van der Waals surface area contributed by atoms with Gasteiger partial charge in [-0.3, -0.25) is 14.5 Å². The Bertz CT molecular complexity index is 1240. The van der Waals surface area contributed by atoms with E-state index in [2.05, 4.69) is 5.10 Å². The van der Waals surface area contributed by atoms with Crippen molar-refractivity contribution in [2.24, 2.45) is 10.9 Å². The topological polar surface area (TPSA) is 116 Å². The van der Waals surface area contributed by atoms with E-state index in [-0.39, 0.29) is 19.0 Å². The second kappa shape index (κ2) is 9.30. The Morgan fingerprint density at radius 2 is 1.73 bits per heavy atom. The summed E-state index contributed by atoms with van der Waals surface area (Å²) in [5.74, 6) is 3.37. The number of hydrogen-bond donors (Lipinski definition) is 2. The van der Waals surface area contributed by atoms with Crippen LogP contribution >= 0.6 is 12.4 Å². The molecule has 3 aromatic rings. The van der Waals surface area contributed by atoms with E-state index in [1.807, 2.05) is 42.5 Å². The van der Waals surface area contributed by atoms with Crippen LogP contribution in [0.3, 0.4) is 0 Å². The van der Waals surface area contributed by atoms with Gasteiger partial charge in [-0.2, -0.15) is 5.10 Å². The van der Waals surface area contributed by atoms with Gasteiger partial charge in [0.05, 0.1) is 6.21 Å². The molecule has 33 heavy (non-hydrogen) atoms. The van der Waals surface area contributed by atoms with Gasteiger partial charge in [0.15, 0.2) is 0 Å². The van der Waals surface area contributed by atoms with Crippen molar-refractivity contribution in [3.8, 4) is 0 Å². The molecule has 1 aliphatic heterocycles. The lowest BCUT2D eigenvalue weighted by Crippen LogP contribution is -2.44. The smallest absolute Gasteiger partial charge is 0.328 e. The molecule has 0 aliphatic carbocycles. The number of carboxylic acid groups (broad SMARTS) is 1. The predicted molar refractivity (Wildman–Crippen MR) is 127 cm³/mol. The van der Waals surface area contributed by atoms with Crippen molar-refractivity contribution < 1.29 is 19.5 Å². The maximum atomic E-state index is 13.4. The molecular formula is C24H23ClN4O4. The number of hydrazone groups is 1. The summed E-state index contributed by atoms with van der Waals surface area (Å²) in [4.78, 5) is 40.1. The quantitative estimate of drug-likeness (QED) is 0.250. The summed E-state index contributed by atoms with van der Waals surface area (Å²) in [5.41, 5.74) is 0.773. The van der Waals surface area contributed by atoms with E-state index in [1.165, 1.54) is 11.1 Å². The van der Waals surface area contributed by atoms with Crippen molar-refractivity contribution in [3.63, 3.8) is 0 Å². The Labute approximate surface area is 196 Å². The molecular weight excluding hydrogens is 444 g/mol. The van der Waals surface area contributed by atoms with E-state index in [0.29, 0.717) is 5.56 Å². The molecule has 0 saturated carbocycles. The van der Waals surface area contributed by atoms with Crippen molar-refractivity contribution in [2.45, 2.75) is 19.0 Å². The fourth-order valence-corrected chi connectivity index (χ4v) is 4.08. The molecule has 9 heteroatoms. The molecule has 3 N–H and O–H groups in total. The average molecular weight is 467 g/mol. The lowest BCUT2D eigenvalue weighted by Gasteiger charge is -2.32. The van der Waals surface area contributed by atoms with Crippen molar-refractivity contribution in [3.05, 3.63) is 83.4 Å². The minimum absolute atomic E-state index is 0. The van der Waals surface area contributed by atoms with Gasteiger partial charge < -0.3 is 15.8 Å². The number of rotatable bonds is 6. The van der Waals surface area contributed by atoms with Crippen molar-refractivity contribution in [1.29, 1.82) is 0 Å². The molecule has 3 aromatic carbocycles. The van der Waals surface area contributed by atoms with Gasteiger partial charge in [0, 0.05) is 6.54 Å². The summed E-state index contributed by atoms with van der Waals surface area (Å²) < 4.78 is 0. The van der Waals surface area contributed by atoms with Crippen LogP contribution in [-0.2, 0) is 21.7 Å². The number of amides is 3. The number of benzene rings is 3. The second-order valence-electron chi connectivity index (χ2n) is 7.81. The molecule has 0 radical (unpaired) electrons. The zero-order valence-corrected chi connectivity index (χ0v) is 18.7. The van der Waals surface area contributed by atoms with Crippen LogP contribution in [0.2, 0.25) is 0 Å². The van der Waals surface area contributed by atoms with Crippen LogP contribution < -0.4 is 5.84 Å². The van der Waals surface area contributed by atoms with Crippen molar-refractivity contribution in [2.75, 3.05) is 6.54 Å². The first kappa shape index (κ1) is 23.7. The van der Waals surface area contributed by atoms with E-state index in [0.717, 1.165) is 26.8 Å². The number of carboxylic acids is 1. The number of nitrogens with zero attached hydrogens (tertiary/aromatic N) is 3. The molecule has 4 rings (SSSR count). The highest BCUT2D eigenvalue weighted by Crippen LogP contribution is 2.38. The fourth-order valence-electron chi connectivity index (χ4n) is 4.08. The first-order chi connectivity index (χ1) is 15.3. The minimum Gasteiger partial charge on any atom is -0.480 e. The van der Waals surface area contributed by atoms with Gasteiger partial charge in [-0.15, -0.1) is 12.4 Å². The highest BCUT2D eigenvalue weighted by molar-refractivity contribution is 6.08. The van der Waals surface area contributed by atoms with Gasteiger partial charge in [0.2, 0.25) is 0 Å². The Morgan fingerprint density at radius 3 is 2.36 bits per heavy atom. The first-order valence-electron chi connectivity index (χ1n) is 10.0. The number of carbonyl (C=O) groups is 3. The molecule has 0 bridgehead atoms. The Hall–Kier alpha value is -3.91. The molecule has 1 fully saturated rings. The van der Waals surface area contributed by atoms with Crippen LogP contribution in [0.4, 0.5) is 4.79 Å². The number of urea groups is 1. The summed E-state index contributed by atoms with van der Waals surface area (Å²) in [6.07, 6.45) is 1.47. The monoisotopic (exact) mass is 466 g/mol. The highest BCUT2D eigenvalue weighted by atomic mass is 35.5. The van der Waals surface area contributed by atoms with Crippen LogP contribution in [0.15, 0.2) is 71.8 Å². The summed E-state index contributed by atoms with van der Waals surface area (Å²) in [6.45, 7) is 1.09. The SMILES string of the molecule is C[C@@]1(c2ccc(C=NN)cc2)C(=O)N(CC(=O)O)C(=O)N1Cc1ccc2ccccc2c1.Cl. The number of nitrogens with two attached hydrogens (primary N) is 1. The maximum absolute atomic E-state index is 13.4. The molecule has 0 spiro atoms. The first-order valence-corrected chi connectivity index (χ1v) is 10.0. The fraction of sp³-hybridized carbons (Fsp3) is 0.167. The van der Waals surface area contributed by atoms with Crippen LogP contribution in [0.5, 0.6) is 0 Å². The van der Waals surface area contributed by atoms with Crippen molar-refractivity contribution in [1.82, 2.24) is 9.80 Å². The van der Waals surface area contributed by atoms with Crippen LogP contribution in [-0.4, -0.2) is 45.6 Å². The van der Waals surface area contributed by atoms with Gasteiger partial charge in [-0.25, -0.2) is 4.79 Å². The molecule has 1 heterocycles. The third-order valence-corrected chi connectivity index (χ3v) is 5.81. The van der Waals surface area contributed by atoms with E-state index < -0.39 is 30.0 Å². The number of halogens is 1. The Morgan fingerprint density at radius 1 is 1.06 bits per heavy atom. The lowest BCUT2D eigenvalue weighted by atomic mass is 9.89. The second-order valence-corrected chi connectivity index (χ2v) is 7.81. The summed E-state index contributed by atoms with van der Waals surface area (Å²) in [5, 5.41) is 14.8. The van der Waals surface area contributed by atoms with E-state index in [9.17, 15) is 19.5 Å². The maximum Gasteiger partial charge on any atom is 0.328 e. The zero-order chi connectivity index (χ0) is 22.9. The largest absolute Gasteiger partial charge is 0.480 e. The highest BCUT2D eigenvalue weighted by Gasteiger charge is 2.55. The number of hydrogen-bond acceptors (Lipinski definition) is 5. The minimum atomic E-state index is -1.36. The molecule has 1 atom stereocenters. The number of imide groups is 1. The number of fused-ring (bicyclic) bond motifs is 1. The van der Waals surface area contributed by atoms with E-state index in [4.69, 9.17) is 5.84 Å². The Balaban J connectivity index is 0.00000306. The van der Waals surface area contributed by atoms with Crippen LogP contribution in [0.25, 0.3) is 10.8 Å². The molecule has 1 aliphatic rings. The van der Waals surface area contributed by atoms with E-state index >= 15 is 0 Å². The molecule has 1 saturated heterocycles. The zero-order valence-electron chi connectivity index (χ0n) is 17.8. The number of aliphatic carboxylic acids is 1. The summed E-state index contributed by atoms with van der Waals surface area (Å²) >= 11 is 0. The van der Waals surface area contributed by atoms with Gasteiger partial charge in [0.1, 0.15) is 12.1 Å². The molecule has 8 nitrogen and oxygen atoms in total. The third-order valence-electron chi connectivity index (χ3n) is 5.81. The van der Waals surface area contributed by atoms with E-state index in [1.54, 1.807) is 31.2 Å². The van der Waals surface area contributed by atoms with Gasteiger partial charge in [-0.1, -0.05) is 60.7 Å². The standard InChI is InChI=1S/C24H22N4O4.ClH/c1-24(20-10-7-16(8-11-20)13-26-25)22(31)27(15-21(29)30)23(32)28(24)14-17-6-9-18-4-2-3-5-19(18)12-17;/h2-13H,14-15,25H2,1H3,(H,29,30);1H/t24-;/m1./s1. The van der Waals surface area contributed by atoms with Crippen LogP contribution in [0.1, 0.15) is 23.6 Å². The van der Waals surface area contributed by atoms with Gasteiger partial charge in [-0.05, 0) is 40.5 Å². The molecule has 170 valence electrons. The summed E-state index contributed by atoms with van der Waals surface area (Å²) in [6, 6.07) is 20.0. The van der Waals surface area contributed by atoms with Gasteiger partial charge in [0.25, 0.3) is 5.91 Å².